The van der Waals surface area contributed by atoms with Gasteiger partial charge in [-0.2, -0.15) is 0 Å². The van der Waals surface area contributed by atoms with Gasteiger partial charge in [-0.05, 0) is 35.9 Å². The van der Waals surface area contributed by atoms with E-state index in [0.717, 1.165) is 16.8 Å². The SMILES string of the molecule is O=C(C[C@H]1N=C2c3ccccc3N=C(SCc3ccccc3Cl)N2C1=O)NCc1ccco1. The third kappa shape index (κ3) is 4.44. The molecule has 0 aliphatic carbocycles. The second kappa shape index (κ2) is 9.25. The van der Waals surface area contributed by atoms with E-state index in [1.807, 2.05) is 48.5 Å². The van der Waals surface area contributed by atoms with E-state index in [-0.39, 0.29) is 24.8 Å². The monoisotopic (exact) mass is 478 g/mol. The molecule has 2 amide bonds. The maximum absolute atomic E-state index is 13.3. The number of nitrogens with zero attached hydrogens (tertiary/aromatic N) is 3. The average Bonchev–Trinajstić information content (AvgIpc) is 3.46. The van der Waals surface area contributed by atoms with Crippen LogP contribution in [0.1, 0.15) is 23.3 Å². The smallest absolute Gasteiger partial charge is 0.259 e. The minimum Gasteiger partial charge on any atom is -0.467 e. The summed E-state index contributed by atoms with van der Waals surface area (Å²) in [4.78, 5) is 36.6. The summed E-state index contributed by atoms with van der Waals surface area (Å²) in [6.45, 7) is 0.260. The van der Waals surface area contributed by atoms with Crippen LogP contribution in [0.2, 0.25) is 5.02 Å². The second-order valence-electron chi connectivity index (χ2n) is 7.49. The molecule has 0 saturated carbocycles. The number of benzene rings is 2. The van der Waals surface area contributed by atoms with E-state index in [4.69, 9.17) is 21.0 Å². The Labute approximate surface area is 199 Å². The molecule has 0 radical (unpaired) electrons. The maximum atomic E-state index is 13.3. The molecule has 0 bridgehead atoms. The van der Waals surface area contributed by atoms with Gasteiger partial charge >= 0.3 is 0 Å². The fourth-order valence-corrected chi connectivity index (χ4v) is 4.92. The van der Waals surface area contributed by atoms with E-state index in [1.54, 1.807) is 18.4 Å². The van der Waals surface area contributed by atoms with Gasteiger partial charge in [0.05, 0.1) is 24.9 Å². The zero-order chi connectivity index (χ0) is 22.8. The van der Waals surface area contributed by atoms with E-state index < -0.39 is 6.04 Å². The summed E-state index contributed by atoms with van der Waals surface area (Å²) in [5.41, 5.74) is 2.46. The number of fused-ring (bicyclic) bond motifs is 3. The van der Waals surface area contributed by atoms with Gasteiger partial charge in [-0.15, -0.1) is 0 Å². The largest absolute Gasteiger partial charge is 0.467 e. The molecule has 9 heteroatoms. The lowest BCUT2D eigenvalue weighted by Gasteiger charge is -2.25. The minimum atomic E-state index is -0.811. The molecule has 1 aromatic heterocycles. The van der Waals surface area contributed by atoms with Gasteiger partial charge in [0, 0.05) is 16.3 Å². The highest BCUT2D eigenvalue weighted by molar-refractivity contribution is 8.13. The molecule has 7 nitrogen and oxygen atoms in total. The summed E-state index contributed by atoms with van der Waals surface area (Å²) in [5.74, 6) is 1.18. The Kier molecular flexibility index (Phi) is 6.02. The Balaban J connectivity index is 1.36. The van der Waals surface area contributed by atoms with Gasteiger partial charge in [-0.1, -0.05) is 53.7 Å². The number of para-hydroxylation sites is 1. The molecule has 3 heterocycles. The number of hydrogen-bond acceptors (Lipinski definition) is 6. The first-order valence-electron chi connectivity index (χ1n) is 10.4. The number of aliphatic imine (C=N–C) groups is 2. The van der Waals surface area contributed by atoms with Gasteiger partial charge in [0.2, 0.25) is 5.91 Å². The summed E-state index contributed by atoms with van der Waals surface area (Å²) in [7, 11) is 0. The molecule has 0 fully saturated rings. The lowest BCUT2D eigenvalue weighted by molar-refractivity contribution is -0.128. The lowest BCUT2D eigenvalue weighted by Crippen LogP contribution is -2.42. The summed E-state index contributed by atoms with van der Waals surface area (Å²) >= 11 is 7.72. The van der Waals surface area contributed by atoms with Crippen molar-refractivity contribution in [2.75, 3.05) is 0 Å². The number of thioether (sulfide) groups is 1. The third-order valence-electron chi connectivity index (χ3n) is 5.28. The normalized spacial score (nSPS) is 16.7. The van der Waals surface area contributed by atoms with Crippen LogP contribution in [0.25, 0.3) is 0 Å². The molecule has 33 heavy (non-hydrogen) atoms. The number of carbonyl (C=O) groups is 2. The van der Waals surface area contributed by atoms with Crippen molar-refractivity contribution < 1.29 is 14.0 Å². The van der Waals surface area contributed by atoms with Gasteiger partial charge < -0.3 is 9.73 Å². The number of hydrogen-bond donors (Lipinski definition) is 1. The molecule has 2 aromatic carbocycles. The van der Waals surface area contributed by atoms with E-state index in [2.05, 4.69) is 10.3 Å². The van der Waals surface area contributed by atoms with Crippen molar-refractivity contribution in [3.63, 3.8) is 0 Å². The zero-order valence-corrected chi connectivity index (χ0v) is 19.0. The van der Waals surface area contributed by atoms with Crippen molar-refractivity contribution >= 4 is 51.9 Å². The van der Waals surface area contributed by atoms with Crippen LogP contribution in [0.15, 0.2) is 81.3 Å². The van der Waals surface area contributed by atoms with E-state index in [1.165, 1.54) is 16.7 Å². The Morgan fingerprint density at radius 1 is 1.12 bits per heavy atom. The fraction of sp³-hybridized carbons (Fsp3) is 0.167. The van der Waals surface area contributed by atoms with E-state index in [9.17, 15) is 9.59 Å². The maximum Gasteiger partial charge on any atom is 0.259 e. The van der Waals surface area contributed by atoms with Gasteiger partial charge in [0.1, 0.15) is 17.6 Å². The van der Waals surface area contributed by atoms with Crippen LogP contribution in [-0.4, -0.2) is 33.8 Å². The summed E-state index contributed by atoms with van der Waals surface area (Å²) in [5, 5.41) is 3.96. The number of nitrogens with one attached hydrogen (secondary N) is 1. The van der Waals surface area contributed by atoms with Gasteiger partial charge in [0.15, 0.2) is 5.17 Å². The highest BCUT2D eigenvalue weighted by Crippen LogP contribution is 2.35. The number of furan rings is 1. The van der Waals surface area contributed by atoms with Crippen LogP contribution in [0.3, 0.4) is 0 Å². The van der Waals surface area contributed by atoms with Crippen molar-refractivity contribution in [1.29, 1.82) is 0 Å². The highest BCUT2D eigenvalue weighted by atomic mass is 35.5. The van der Waals surface area contributed by atoms with Crippen molar-refractivity contribution in [2.45, 2.75) is 24.8 Å². The van der Waals surface area contributed by atoms with Crippen LogP contribution < -0.4 is 5.32 Å². The molecular weight excluding hydrogens is 460 g/mol. The Morgan fingerprint density at radius 2 is 1.94 bits per heavy atom. The number of halogens is 1. The molecule has 1 atom stereocenters. The fourth-order valence-electron chi connectivity index (χ4n) is 3.64. The first kappa shape index (κ1) is 21.5. The number of rotatable bonds is 6. The molecule has 2 aliphatic rings. The van der Waals surface area contributed by atoms with Gasteiger partial charge in [-0.3, -0.25) is 14.6 Å². The predicted molar refractivity (Wildman–Crippen MR) is 129 cm³/mol. The van der Waals surface area contributed by atoms with Crippen LogP contribution in [0.5, 0.6) is 0 Å². The summed E-state index contributed by atoms with van der Waals surface area (Å²) in [6, 6.07) is 17.8. The molecule has 1 N–H and O–H groups in total. The Hall–Kier alpha value is -3.36. The van der Waals surface area contributed by atoms with Crippen LogP contribution in [-0.2, 0) is 21.9 Å². The first-order chi connectivity index (χ1) is 16.1. The van der Waals surface area contributed by atoms with Crippen LogP contribution >= 0.6 is 23.4 Å². The van der Waals surface area contributed by atoms with Crippen molar-refractivity contribution in [2.24, 2.45) is 9.98 Å². The lowest BCUT2D eigenvalue weighted by atomic mass is 10.1. The van der Waals surface area contributed by atoms with Gasteiger partial charge in [-0.25, -0.2) is 9.89 Å². The molecule has 166 valence electrons. The molecule has 3 aromatic rings. The summed E-state index contributed by atoms with van der Waals surface area (Å²) in [6.07, 6.45) is 1.49. The number of amidine groups is 2. The van der Waals surface area contributed by atoms with Gasteiger partial charge in [0.25, 0.3) is 5.91 Å². The Morgan fingerprint density at radius 3 is 2.76 bits per heavy atom. The number of amides is 2. The Bertz CT molecular complexity index is 1270. The first-order valence-corrected chi connectivity index (χ1v) is 11.7. The molecule has 2 aliphatic heterocycles. The van der Waals surface area contributed by atoms with E-state index in [0.29, 0.717) is 27.5 Å². The van der Waals surface area contributed by atoms with Crippen molar-refractivity contribution in [1.82, 2.24) is 10.2 Å². The third-order valence-corrected chi connectivity index (χ3v) is 6.64. The second-order valence-corrected chi connectivity index (χ2v) is 8.84. The van der Waals surface area contributed by atoms with Crippen LogP contribution in [0.4, 0.5) is 5.69 Å². The number of carbonyl (C=O) groups excluding carboxylic acids is 2. The average molecular weight is 479 g/mol. The van der Waals surface area contributed by atoms with E-state index >= 15 is 0 Å². The molecular formula is C24H19ClN4O3S. The summed E-state index contributed by atoms with van der Waals surface area (Å²) < 4.78 is 5.23. The zero-order valence-electron chi connectivity index (χ0n) is 17.4. The highest BCUT2D eigenvalue weighted by Gasteiger charge is 2.42. The topological polar surface area (TPSA) is 87.3 Å². The molecule has 0 unspecified atom stereocenters. The molecule has 0 saturated heterocycles. The van der Waals surface area contributed by atoms with Crippen LogP contribution in [0, 0.1) is 0 Å². The molecule has 5 rings (SSSR count). The van der Waals surface area contributed by atoms with Crippen molar-refractivity contribution in [3.05, 3.63) is 88.8 Å². The quantitative estimate of drug-likeness (QED) is 0.563. The molecule has 0 spiro atoms. The predicted octanol–water partition coefficient (Wildman–Crippen LogP) is 4.53. The van der Waals surface area contributed by atoms with Crippen molar-refractivity contribution in [3.8, 4) is 0 Å². The standard InChI is InChI=1S/C24H19ClN4O3S/c25-18-9-3-1-6-15(18)14-33-24-28-19-10-4-2-8-17(19)22-27-20(23(31)29(22)24)12-21(30)26-13-16-7-5-11-32-16/h1-11,20H,12-14H2,(H,26,30)/t20-/m1/s1. The minimum absolute atomic E-state index is 0.0514.